The van der Waals surface area contributed by atoms with Crippen molar-refractivity contribution in [1.29, 1.82) is 0 Å². The second-order valence-electron chi connectivity index (χ2n) is 5.09. The van der Waals surface area contributed by atoms with Gasteiger partial charge >= 0.3 is 0 Å². The maximum atomic E-state index is 9.12. The third-order valence-electron chi connectivity index (χ3n) is 3.33. The lowest BCUT2D eigenvalue weighted by Crippen LogP contribution is -2.26. The zero-order valence-electron chi connectivity index (χ0n) is 12.1. The van der Waals surface area contributed by atoms with Crippen molar-refractivity contribution in [3.63, 3.8) is 0 Å². The van der Waals surface area contributed by atoms with E-state index in [-0.39, 0.29) is 12.6 Å². The number of hydrogen-bond acceptors (Lipinski definition) is 6. The lowest BCUT2D eigenvalue weighted by molar-refractivity contribution is 0.260. The number of pyridine rings is 1. The smallest absolute Gasteiger partial charge is 0.177 e. The first kappa shape index (κ1) is 16.7. The summed E-state index contributed by atoms with van der Waals surface area (Å²) in [7, 11) is 0. The summed E-state index contributed by atoms with van der Waals surface area (Å²) in [5.74, 6) is 0.649. The highest BCUT2D eigenvalue weighted by molar-refractivity contribution is 9.10. The van der Waals surface area contributed by atoms with Crippen molar-refractivity contribution >= 4 is 55.7 Å². The van der Waals surface area contributed by atoms with Crippen LogP contribution in [-0.4, -0.2) is 22.7 Å². The third kappa shape index (κ3) is 3.70. The summed E-state index contributed by atoms with van der Waals surface area (Å²) in [5, 5.41) is 14.9. The fourth-order valence-corrected chi connectivity index (χ4v) is 3.56. The van der Waals surface area contributed by atoms with Gasteiger partial charge in [0.2, 0.25) is 0 Å². The molecule has 0 saturated carbocycles. The predicted molar refractivity (Wildman–Crippen MR) is 97.1 cm³/mol. The zero-order chi connectivity index (χ0) is 16.4. The summed E-state index contributed by atoms with van der Waals surface area (Å²) < 4.78 is 6.63. The number of fused-ring (bicyclic) bond motifs is 1. The van der Waals surface area contributed by atoms with Gasteiger partial charge in [0.15, 0.2) is 5.58 Å². The Morgan fingerprint density at radius 1 is 1.52 bits per heavy atom. The summed E-state index contributed by atoms with van der Waals surface area (Å²) in [6.07, 6.45) is 0.412. The van der Waals surface area contributed by atoms with Gasteiger partial charge in [0.25, 0.3) is 0 Å². The highest BCUT2D eigenvalue weighted by Gasteiger charge is 2.19. The Morgan fingerprint density at radius 3 is 3.04 bits per heavy atom. The molecule has 0 bridgehead atoms. The molecule has 0 aromatic carbocycles. The van der Waals surface area contributed by atoms with Crippen LogP contribution in [-0.2, 0) is 13.0 Å². The summed E-state index contributed by atoms with van der Waals surface area (Å²) in [5.41, 5.74) is 7.84. The van der Waals surface area contributed by atoms with Crippen molar-refractivity contribution < 1.29 is 9.52 Å². The lowest BCUT2D eigenvalue weighted by Gasteiger charge is -2.06. The Labute approximate surface area is 150 Å². The minimum absolute atomic E-state index is 0.110. The number of aromatic nitrogens is 1. The normalized spacial score (nSPS) is 12.7. The molecule has 0 aliphatic carbocycles. The molecular weight excluding hydrogens is 402 g/mol. The molecule has 4 N–H and O–H groups in total. The number of thiophene rings is 1. The van der Waals surface area contributed by atoms with Crippen molar-refractivity contribution in [3.8, 4) is 0 Å². The molecule has 0 spiro atoms. The van der Waals surface area contributed by atoms with Crippen LogP contribution in [0.5, 0.6) is 0 Å². The molecule has 0 aliphatic heterocycles. The maximum absolute atomic E-state index is 9.12. The van der Waals surface area contributed by atoms with E-state index in [1.807, 2.05) is 11.4 Å². The van der Waals surface area contributed by atoms with E-state index in [1.54, 1.807) is 17.4 Å². The van der Waals surface area contributed by atoms with Crippen molar-refractivity contribution in [1.82, 2.24) is 4.98 Å². The van der Waals surface area contributed by atoms with Gasteiger partial charge in [0, 0.05) is 30.0 Å². The number of rotatable bonds is 6. The van der Waals surface area contributed by atoms with Gasteiger partial charge in [-0.25, -0.2) is 4.98 Å². The number of furan rings is 1. The van der Waals surface area contributed by atoms with Crippen molar-refractivity contribution in [2.45, 2.75) is 19.0 Å². The van der Waals surface area contributed by atoms with Gasteiger partial charge in [0.1, 0.15) is 16.4 Å². The molecule has 0 amide bonds. The van der Waals surface area contributed by atoms with E-state index < -0.39 is 0 Å². The summed E-state index contributed by atoms with van der Waals surface area (Å²) >= 11 is 11.3. The van der Waals surface area contributed by atoms with E-state index >= 15 is 0 Å². The first-order chi connectivity index (χ1) is 11.1. The molecule has 5 nitrogen and oxygen atoms in total. The molecule has 0 fully saturated rings. The molecule has 1 atom stereocenters. The lowest BCUT2D eigenvalue weighted by atomic mass is 10.2. The van der Waals surface area contributed by atoms with E-state index in [0.29, 0.717) is 35.0 Å². The number of aliphatic hydroxyl groups is 1. The number of aliphatic hydroxyl groups excluding tert-OH is 1. The largest absolute Gasteiger partial charge is 0.456 e. The van der Waals surface area contributed by atoms with E-state index in [9.17, 15) is 0 Å². The number of anilines is 1. The first-order valence-corrected chi connectivity index (χ1v) is 9.03. The molecule has 3 rings (SSSR count). The van der Waals surface area contributed by atoms with Crippen molar-refractivity contribution in [2.75, 3.05) is 11.9 Å². The van der Waals surface area contributed by atoms with Gasteiger partial charge in [-0.2, -0.15) is 0 Å². The van der Waals surface area contributed by atoms with Gasteiger partial charge in [-0.15, -0.1) is 11.3 Å². The highest BCUT2D eigenvalue weighted by atomic mass is 79.9. The first-order valence-electron chi connectivity index (χ1n) is 6.98. The third-order valence-corrected chi connectivity index (χ3v) is 5.22. The van der Waals surface area contributed by atoms with Gasteiger partial charge in [0.05, 0.1) is 16.8 Å². The Kier molecular flexibility index (Phi) is 5.23. The number of halogens is 2. The maximum Gasteiger partial charge on any atom is 0.177 e. The molecule has 3 aromatic heterocycles. The molecule has 0 unspecified atom stereocenters. The minimum atomic E-state index is -0.384. The molecule has 8 heteroatoms. The highest BCUT2D eigenvalue weighted by Crippen LogP contribution is 2.36. The van der Waals surface area contributed by atoms with Crippen molar-refractivity contribution in [2.24, 2.45) is 5.73 Å². The number of nitrogens with two attached hydrogens (primary N) is 1. The fourth-order valence-electron chi connectivity index (χ4n) is 2.21. The van der Waals surface area contributed by atoms with E-state index in [4.69, 9.17) is 26.9 Å². The monoisotopic (exact) mass is 415 g/mol. The van der Waals surface area contributed by atoms with E-state index in [0.717, 1.165) is 10.2 Å². The minimum Gasteiger partial charge on any atom is -0.456 e. The Hall–Kier alpha value is -1.12. The number of nitrogens with zero attached hydrogens (tertiary/aromatic N) is 1. The van der Waals surface area contributed by atoms with Crippen LogP contribution in [0.15, 0.2) is 32.5 Å². The topological polar surface area (TPSA) is 84.3 Å². The van der Waals surface area contributed by atoms with Crippen LogP contribution in [0.25, 0.3) is 11.1 Å². The second-order valence-corrected chi connectivity index (χ2v) is 7.30. The average molecular weight is 417 g/mol. The molecule has 0 aliphatic rings. The van der Waals surface area contributed by atoms with Crippen LogP contribution >= 0.6 is 38.9 Å². The summed E-state index contributed by atoms with van der Waals surface area (Å²) in [6.45, 7) is 0.568. The molecule has 23 heavy (non-hydrogen) atoms. The van der Waals surface area contributed by atoms with Crippen LogP contribution in [0.2, 0.25) is 5.15 Å². The Balaban J connectivity index is 1.95. The molecule has 3 aromatic rings. The van der Waals surface area contributed by atoms with E-state index in [1.165, 1.54) is 4.88 Å². The van der Waals surface area contributed by atoms with E-state index in [2.05, 4.69) is 32.3 Å². The standard InChI is InChI=1S/C15H15BrClN3O2S/c16-13-11(4-8(18)7-21)22-15-10(5-12(17)20-14(13)15)19-6-9-2-1-3-23-9/h1-3,5,8,21H,4,6-7,18H2,(H,19,20)/t8-/m1/s1. The van der Waals surface area contributed by atoms with Gasteiger partial charge in [-0.05, 0) is 27.4 Å². The average Bonchev–Trinajstić information content (AvgIpc) is 3.15. The van der Waals surface area contributed by atoms with Crippen LogP contribution in [0.3, 0.4) is 0 Å². The SMILES string of the molecule is N[C@@H](CO)Cc1oc2c(NCc3cccs3)cc(Cl)nc2c1Br. The quantitative estimate of drug-likeness (QED) is 0.533. The van der Waals surface area contributed by atoms with Gasteiger partial charge < -0.3 is 20.6 Å². The predicted octanol–water partition coefficient (Wildman–Crippen LogP) is 3.78. The number of hydrogen-bond donors (Lipinski definition) is 3. The molecular formula is C15H15BrClN3O2S. The van der Waals surface area contributed by atoms with Gasteiger partial charge in [-0.1, -0.05) is 17.7 Å². The molecule has 122 valence electrons. The van der Waals surface area contributed by atoms with Crippen LogP contribution in [0, 0.1) is 0 Å². The molecule has 0 saturated heterocycles. The molecule has 0 radical (unpaired) electrons. The number of nitrogens with one attached hydrogen (secondary N) is 1. The Morgan fingerprint density at radius 2 is 2.35 bits per heavy atom. The van der Waals surface area contributed by atoms with Crippen LogP contribution in [0.1, 0.15) is 10.6 Å². The van der Waals surface area contributed by atoms with Crippen LogP contribution in [0.4, 0.5) is 5.69 Å². The van der Waals surface area contributed by atoms with Crippen LogP contribution < -0.4 is 11.1 Å². The summed E-state index contributed by atoms with van der Waals surface area (Å²) in [6, 6.07) is 5.42. The zero-order valence-corrected chi connectivity index (χ0v) is 15.2. The fraction of sp³-hybridized carbons (Fsp3) is 0.267. The Bertz CT molecular complexity index is 807. The summed E-state index contributed by atoms with van der Waals surface area (Å²) in [4.78, 5) is 5.53. The van der Waals surface area contributed by atoms with Gasteiger partial charge in [-0.3, -0.25) is 0 Å². The molecule has 3 heterocycles. The van der Waals surface area contributed by atoms with Crippen molar-refractivity contribution in [3.05, 3.63) is 43.8 Å². The second kappa shape index (κ2) is 7.19.